The van der Waals surface area contributed by atoms with Crippen molar-refractivity contribution in [3.05, 3.63) is 29.3 Å². The molecule has 0 saturated carbocycles. The summed E-state index contributed by atoms with van der Waals surface area (Å²) >= 11 is 0. The van der Waals surface area contributed by atoms with E-state index in [4.69, 9.17) is 4.74 Å². The van der Waals surface area contributed by atoms with Gasteiger partial charge in [0.15, 0.2) is 5.78 Å². The van der Waals surface area contributed by atoms with Crippen LogP contribution in [0.15, 0.2) is 18.2 Å². The van der Waals surface area contributed by atoms with Gasteiger partial charge in [0.2, 0.25) is 0 Å². The fraction of sp³-hybridized carbons (Fsp3) is 0.462. The van der Waals surface area contributed by atoms with Gasteiger partial charge in [-0.05, 0) is 18.9 Å². The average molecular weight is 222 g/mol. The van der Waals surface area contributed by atoms with Crippen molar-refractivity contribution in [1.82, 2.24) is 0 Å². The molecular formula is C13H15FO2. The summed E-state index contributed by atoms with van der Waals surface area (Å²) in [5.74, 6) is 0.941. The minimum Gasteiger partial charge on any atom is -0.493 e. The average Bonchev–Trinajstić information content (AvgIpc) is 2.31. The van der Waals surface area contributed by atoms with Crippen molar-refractivity contribution in [2.45, 2.75) is 25.7 Å². The number of Topliss-reactive ketones (excluding diaryl/α,β-unsaturated/α-hetero) is 1. The topological polar surface area (TPSA) is 26.3 Å². The highest BCUT2D eigenvalue weighted by Crippen LogP contribution is 2.29. The van der Waals surface area contributed by atoms with Crippen LogP contribution >= 0.6 is 0 Å². The van der Waals surface area contributed by atoms with Gasteiger partial charge in [0.25, 0.3) is 0 Å². The Morgan fingerprint density at radius 3 is 3.00 bits per heavy atom. The van der Waals surface area contributed by atoms with Crippen LogP contribution in [0.1, 0.15) is 35.2 Å². The van der Waals surface area contributed by atoms with Crippen molar-refractivity contribution in [1.29, 1.82) is 0 Å². The van der Waals surface area contributed by atoms with Crippen LogP contribution < -0.4 is 4.74 Å². The van der Waals surface area contributed by atoms with Gasteiger partial charge in [-0.15, -0.1) is 0 Å². The molecule has 1 aromatic rings. The Morgan fingerprint density at radius 2 is 2.19 bits per heavy atom. The van der Waals surface area contributed by atoms with Crippen LogP contribution in [0, 0.1) is 0 Å². The Balaban J connectivity index is 2.19. The third-order valence-corrected chi connectivity index (χ3v) is 2.80. The van der Waals surface area contributed by atoms with E-state index in [1.807, 2.05) is 18.2 Å². The van der Waals surface area contributed by atoms with Crippen molar-refractivity contribution in [2.75, 3.05) is 13.3 Å². The lowest BCUT2D eigenvalue weighted by Crippen LogP contribution is -2.12. The molecule has 2 nitrogen and oxygen atoms in total. The van der Waals surface area contributed by atoms with Crippen LogP contribution in [0.3, 0.4) is 0 Å². The Bertz CT molecular complexity index is 388. The second-order valence-electron chi connectivity index (χ2n) is 3.95. The van der Waals surface area contributed by atoms with E-state index in [1.54, 1.807) is 0 Å². The third-order valence-electron chi connectivity index (χ3n) is 2.80. The quantitative estimate of drug-likeness (QED) is 0.732. The van der Waals surface area contributed by atoms with E-state index in [2.05, 4.69) is 0 Å². The molecule has 0 unspecified atom stereocenters. The number of hydrogen-bond acceptors (Lipinski definition) is 2. The van der Waals surface area contributed by atoms with E-state index in [0.717, 1.165) is 29.7 Å². The lowest BCUT2D eigenvalue weighted by atomic mass is 9.90. The molecule has 3 heteroatoms. The maximum Gasteiger partial charge on any atom is 0.163 e. The molecule has 86 valence electrons. The van der Waals surface area contributed by atoms with Gasteiger partial charge in [0.05, 0.1) is 13.3 Å². The maximum atomic E-state index is 12.0. The molecule has 16 heavy (non-hydrogen) atoms. The van der Waals surface area contributed by atoms with E-state index < -0.39 is 0 Å². The number of hydrogen-bond donors (Lipinski definition) is 0. The van der Waals surface area contributed by atoms with Gasteiger partial charge < -0.3 is 4.74 Å². The van der Waals surface area contributed by atoms with Gasteiger partial charge in [0, 0.05) is 24.0 Å². The van der Waals surface area contributed by atoms with E-state index in [0.29, 0.717) is 19.4 Å². The molecule has 0 radical (unpaired) electrons. The summed E-state index contributed by atoms with van der Waals surface area (Å²) in [5.41, 5.74) is 1.78. The van der Waals surface area contributed by atoms with Crippen molar-refractivity contribution in [3.63, 3.8) is 0 Å². The third kappa shape index (κ3) is 2.23. The number of fused-ring (bicyclic) bond motifs is 1. The minimum absolute atomic E-state index is 0.192. The number of benzene rings is 1. The SMILES string of the molecule is O=C1CCCc2c(OCCCF)cccc21. The number of ketones is 1. The second-order valence-corrected chi connectivity index (χ2v) is 3.95. The highest BCUT2D eigenvalue weighted by Gasteiger charge is 2.19. The zero-order chi connectivity index (χ0) is 11.4. The van der Waals surface area contributed by atoms with Crippen molar-refractivity contribution in [2.24, 2.45) is 0 Å². The molecule has 1 aromatic carbocycles. The number of carbonyl (C=O) groups is 1. The minimum atomic E-state index is -0.367. The molecule has 0 atom stereocenters. The van der Waals surface area contributed by atoms with Crippen molar-refractivity contribution >= 4 is 5.78 Å². The number of alkyl halides is 1. The van der Waals surface area contributed by atoms with Crippen molar-refractivity contribution in [3.8, 4) is 5.75 Å². The van der Waals surface area contributed by atoms with E-state index >= 15 is 0 Å². The molecule has 0 saturated heterocycles. The highest BCUT2D eigenvalue weighted by molar-refractivity contribution is 5.99. The van der Waals surface area contributed by atoms with Crippen LogP contribution in [0.5, 0.6) is 5.75 Å². The number of ether oxygens (including phenoxy) is 1. The van der Waals surface area contributed by atoms with Crippen LogP contribution in [0.4, 0.5) is 4.39 Å². The summed E-state index contributed by atoms with van der Waals surface area (Å²) in [5, 5.41) is 0. The lowest BCUT2D eigenvalue weighted by molar-refractivity contribution is 0.0971. The maximum absolute atomic E-state index is 12.0. The molecule has 2 rings (SSSR count). The Labute approximate surface area is 94.4 Å². The van der Waals surface area contributed by atoms with Crippen LogP contribution in [0.2, 0.25) is 0 Å². The number of carbonyl (C=O) groups excluding carboxylic acids is 1. The smallest absolute Gasteiger partial charge is 0.163 e. The fourth-order valence-electron chi connectivity index (χ4n) is 2.02. The zero-order valence-electron chi connectivity index (χ0n) is 9.17. The Kier molecular flexibility index (Phi) is 3.54. The van der Waals surface area contributed by atoms with Gasteiger partial charge >= 0.3 is 0 Å². The lowest BCUT2D eigenvalue weighted by Gasteiger charge is -2.18. The first-order valence-electron chi connectivity index (χ1n) is 5.67. The van der Waals surface area contributed by atoms with Crippen LogP contribution in [0.25, 0.3) is 0 Å². The monoisotopic (exact) mass is 222 g/mol. The Morgan fingerprint density at radius 1 is 1.31 bits per heavy atom. The molecule has 0 aromatic heterocycles. The van der Waals surface area contributed by atoms with E-state index in [1.165, 1.54) is 0 Å². The summed E-state index contributed by atoms with van der Waals surface area (Å²) in [7, 11) is 0. The molecule has 0 N–H and O–H groups in total. The molecule has 0 aliphatic heterocycles. The van der Waals surface area contributed by atoms with Gasteiger partial charge in [-0.25, -0.2) is 0 Å². The fourth-order valence-corrected chi connectivity index (χ4v) is 2.02. The predicted molar refractivity (Wildman–Crippen MR) is 59.8 cm³/mol. The first-order chi connectivity index (χ1) is 7.83. The predicted octanol–water partition coefficient (Wildman–Crippen LogP) is 2.94. The normalized spacial score (nSPS) is 14.7. The second kappa shape index (κ2) is 5.10. The van der Waals surface area contributed by atoms with Gasteiger partial charge in [-0.1, -0.05) is 12.1 Å². The summed E-state index contributed by atoms with van der Waals surface area (Å²) in [6, 6.07) is 5.53. The van der Waals surface area contributed by atoms with Crippen molar-refractivity contribution < 1.29 is 13.9 Å². The van der Waals surface area contributed by atoms with E-state index in [-0.39, 0.29) is 12.5 Å². The first-order valence-corrected chi connectivity index (χ1v) is 5.67. The molecule has 0 bridgehead atoms. The molecule has 0 heterocycles. The summed E-state index contributed by atoms with van der Waals surface area (Å²) < 4.78 is 17.5. The van der Waals surface area contributed by atoms with Gasteiger partial charge in [0.1, 0.15) is 5.75 Å². The number of rotatable bonds is 4. The summed E-state index contributed by atoms with van der Waals surface area (Å²) in [6.45, 7) is 0.00903. The van der Waals surface area contributed by atoms with Crippen LogP contribution in [-0.2, 0) is 6.42 Å². The van der Waals surface area contributed by atoms with Crippen LogP contribution in [-0.4, -0.2) is 19.1 Å². The summed E-state index contributed by atoms with van der Waals surface area (Å²) in [6.07, 6.45) is 2.79. The number of halogens is 1. The largest absolute Gasteiger partial charge is 0.493 e. The molecule has 0 spiro atoms. The molecule has 1 aliphatic rings. The Hall–Kier alpha value is -1.38. The summed E-state index contributed by atoms with van der Waals surface area (Å²) in [4.78, 5) is 11.7. The zero-order valence-corrected chi connectivity index (χ0v) is 9.17. The first kappa shape index (κ1) is 11.1. The highest BCUT2D eigenvalue weighted by atomic mass is 19.1. The molecule has 0 fully saturated rings. The van der Waals surface area contributed by atoms with E-state index in [9.17, 15) is 9.18 Å². The van der Waals surface area contributed by atoms with Gasteiger partial charge in [-0.3, -0.25) is 9.18 Å². The molecular weight excluding hydrogens is 207 g/mol. The standard InChI is InChI=1S/C13H15FO2/c14-8-3-9-16-13-7-2-4-10-11(13)5-1-6-12(10)15/h2,4,7H,1,3,5-6,8-9H2. The molecule has 1 aliphatic carbocycles. The molecule has 0 amide bonds. The van der Waals surface area contributed by atoms with Gasteiger partial charge in [-0.2, -0.15) is 0 Å².